The maximum absolute atomic E-state index is 12.2. The molecule has 0 radical (unpaired) electrons. The highest BCUT2D eigenvalue weighted by atomic mass is 16.5. The molecule has 0 aromatic carbocycles. The summed E-state index contributed by atoms with van der Waals surface area (Å²) in [5.74, 6) is -1.85. The fourth-order valence-electron chi connectivity index (χ4n) is 2.24. The predicted octanol–water partition coefficient (Wildman–Crippen LogP) is 0.583. The third-order valence-corrected chi connectivity index (χ3v) is 3.99. The molecule has 2 amide bonds. The van der Waals surface area contributed by atoms with Crippen LogP contribution in [0.15, 0.2) is 0 Å². The smallest absolute Gasteiger partial charge is 0.308 e. The van der Waals surface area contributed by atoms with E-state index in [1.165, 1.54) is 9.80 Å². The Morgan fingerprint density at radius 2 is 2.09 bits per heavy atom. The minimum atomic E-state index is -0.871. The number of piperidine rings is 1. The van der Waals surface area contributed by atoms with Crippen molar-refractivity contribution in [2.75, 3.05) is 33.3 Å². The summed E-state index contributed by atoms with van der Waals surface area (Å²) in [7, 11) is 1.55. The van der Waals surface area contributed by atoms with E-state index >= 15 is 0 Å². The van der Waals surface area contributed by atoms with Crippen LogP contribution in [-0.2, 0) is 19.1 Å². The molecule has 1 saturated heterocycles. The van der Waals surface area contributed by atoms with Gasteiger partial charge in [-0.3, -0.25) is 14.4 Å². The van der Waals surface area contributed by atoms with E-state index < -0.39 is 11.9 Å². The van der Waals surface area contributed by atoms with Gasteiger partial charge in [-0.1, -0.05) is 6.92 Å². The molecule has 0 aromatic heterocycles. The Balaban J connectivity index is 2.42. The Morgan fingerprint density at radius 3 is 2.68 bits per heavy atom. The number of likely N-dealkylation sites (tertiary alicyclic amines) is 1. The number of aliphatic carboxylic acids is 1. The molecule has 0 saturated carbocycles. The number of carbonyl (C=O) groups excluding carboxylic acids is 2. The molecule has 7 nitrogen and oxygen atoms in total. The van der Waals surface area contributed by atoms with Gasteiger partial charge in [0.1, 0.15) is 6.61 Å². The molecule has 1 N–H and O–H groups in total. The third-order valence-electron chi connectivity index (χ3n) is 3.99. The summed E-state index contributed by atoms with van der Waals surface area (Å²) in [6, 6.07) is 0. The van der Waals surface area contributed by atoms with Crippen molar-refractivity contribution in [2.24, 2.45) is 5.92 Å². The minimum Gasteiger partial charge on any atom is -0.481 e. The van der Waals surface area contributed by atoms with E-state index in [4.69, 9.17) is 9.84 Å². The summed E-state index contributed by atoms with van der Waals surface area (Å²) in [4.78, 5) is 37.9. The van der Waals surface area contributed by atoms with E-state index in [2.05, 4.69) is 0 Å². The second kappa shape index (κ2) is 8.73. The molecule has 126 valence electrons. The highest BCUT2D eigenvalue weighted by Crippen LogP contribution is 2.16. The largest absolute Gasteiger partial charge is 0.481 e. The van der Waals surface area contributed by atoms with Crippen molar-refractivity contribution in [1.29, 1.82) is 0 Å². The zero-order valence-electron chi connectivity index (χ0n) is 13.6. The number of amides is 2. The first-order chi connectivity index (χ1) is 10.3. The Morgan fingerprint density at radius 1 is 1.41 bits per heavy atom. The van der Waals surface area contributed by atoms with Gasteiger partial charge in [0.2, 0.25) is 11.8 Å². The van der Waals surface area contributed by atoms with Gasteiger partial charge in [0, 0.05) is 20.1 Å². The lowest BCUT2D eigenvalue weighted by Gasteiger charge is -2.32. The highest BCUT2D eigenvalue weighted by Gasteiger charge is 2.28. The SMILES string of the molecule is CCC(C)OCC(=O)N(C)CC(=O)N1CCCC(C(=O)O)C1. The van der Waals surface area contributed by atoms with E-state index in [1.54, 1.807) is 7.05 Å². The predicted molar refractivity (Wildman–Crippen MR) is 80.3 cm³/mol. The average molecular weight is 314 g/mol. The molecule has 7 heteroatoms. The van der Waals surface area contributed by atoms with Gasteiger partial charge < -0.3 is 19.6 Å². The zero-order valence-corrected chi connectivity index (χ0v) is 13.6. The lowest BCUT2D eigenvalue weighted by molar-refractivity contribution is -0.148. The van der Waals surface area contributed by atoms with Crippen LogP contribution in [0.1, 0.15) is 33.1 Å². The molecule has 1 fully saturated rings. The van der Waals surface area contributed by atoms with Gasteiger partial charge in [-0.25, -0.2) is 0 Å². The van der Waals surface area contributed by atoms with Crippen LogP contribution in [0.2, 0.25) is 0 Å². The van der Waals surface area contributed by atoms with Gasteiger partial charge in [0.05, 0.1) is 18.6 Å². The van der Waals surface area contributed by atoms with Gasteiger partial charge in [0.25, 0.3) is 0 Å². The molecule has 0 spiro atoms. The second-order valence-electron chi connectivity index (χ2n) is 5.80. The molecule has 2 unspecified atom stereocenters. The second-order valence-corrected chi connectivity index (χ2v) is 5.80. The number of carbonyl (C=O) groups is 3. The van der Waals surface area contributed by atoms with Gasteiger partial charge in [-0.05, 0) is 26.2 Å². The number of hydrogen-bond acceptors (Lipinski definition) is 4. The topological polar surface area (TPSA) is 87.2 Å². The van der Waals surface area contributed by atoms with Gasteiger partial charge >= 0.3 is 5.97 Å². The summed E-state index contributed by atoms with van der Waals surface area (Å²) in [5.41, 5.74) is 0. The van der Waals surface area contributed by atoms with Crippen molar-refractivity contribution in [3.8, 4) is 0 Å². The number of ether oxygens (including phenoxy) is 1. The van der Waals surface area contributed by atoms with Gasteiger partial charge in [-0.2, -0.15) is 0 Å². The quantitative estimate of drug-likeness (QED) is 0.743. The number of hydrogen-bond donors (Lipinski definition) is 1. The first kappa shape index (κ1) is 18.4. The third kappa shape index (κ3) is 5.63. The van der Waals surface area contributed by atoms with Crippen LogP contribution in [-0.4, -0.2) is 72.1 Å². The molecule has 1 rings (SSSR count). The molecule has 22 heavy (non-hydrogen) atoms. The lowest BCUT2D eigenvalue weighted by Crippen LogP contribution is -2.47. The van der Waals surface area contributed by atoms with Crippen LogP contribution >= 0.6 is 0 Å². The molecule has 0 aromatic rings. The van der Waals surface area contributed by atoms with Crippen molar-refractivity contribution in [3.63, 3.8) is 0 Å². The number of rotatable bonds is 7. The Bertz CT molecular complexity index is 413. The Labute approximate surface area is 131 Å². The van der Waals surface area contributed by atoms with Crippen LogP contribution < -0.4 is 0 Å². The van der Waals surface area contributed by atoms with E-state index in [0.717, 1.165) is 6.42 Å². The molecule has 1 heterocycles. The summed E-state index contributed by atoms with van der Waals surface area (Å²) in [6.07, 6.45) is 2.10. The zero-order chi connectivity index (χ0) is 16.7. The molecular weight excluding hydrogens is 288 g/mol. The summed E-state index contributed by atoms with van der Waals surface area (Å²) in [5, 5.41) is 9.03. The lowest BCUT2D eigenvalue weighted by atomic mass is 9.98. The maximum atomic E-state index is 12.2. The van der Waals surface area contributed by atoms with Crippen molar-refractivity contribution in [1.82, 2.24) is 9.80 Å². The number of carboxylic acid groups (broad SMARTS) is 1. The first-order valence-electron chi connectivity index (χ1n) is 7.71. The van der Waals surface area contributed by atoms with E-state index in [1.807, 2.05) is 13.8 Å². The molecular formula is C15H26N2O5. The van der Waals surface area contributed by atoms with E-state index in [-0.39, 0.29) is 37.6 Å². The maximum Gasteiger partial charge on any atom is 0.308 e. The van der Waals surface area contributed by atoms with E-state index in [0.29, 0.717) is 19.4 Å². The normalized spacial score (nSPS) is 19.6. The van der Waals surface area contributed by atoms with Crippen LogP contribution in [0.25, 0.3) is 0 Å². The molecule has 0 aliphatic carbocycles. The Kier molecular flexibility index (Phi) is 7.31. The Hall–Kier alpha value is -1.63. The number of likely N-dealkylation sites (N-methyl/N-ethyl adjacent to an activating group) is 1. The van der Waals surface area contributed by atoms with Crippen LogP contribution in [0.4, 0.5) is 0 Å². The standard InChI is InChI=1S/C15H26N2O5/c1-4-11(2)22-10-14(19)16(3)9-13(18)17-7-5-6-12(8-17)15(20)21/h11-12H,4-10H2,1-3H3,(H,20,21). The number of carboxylic acids is 1. The average Bonchev–Trinajstić information content (AvgIpc) is 2.51. The van der Waals surface area contributed by atoms with Gasteiger partial charge in [-0.15, -0.1) is 0 Å². The van der Waals surface area contributed by atoms with Crippen molar-refractivity contribution in [2.45, 2.75) is 39.2 Å². The summed E-state index contributed by atoms with van der Waals surface area (Å²) < 4.78 is 5.36. The first-order valence-corrected chi connectivity index (χ1v) is 7.71. The summed E-state index contributed by atoms with van der Waals surface area (Å²) in [6.45, 7) is 4.54. The molecule has 2 atom stereocenters. The monoisotopic (exact) mass is 314 g/mol. The van der Waals surface area contributed by atoms with E-state index in [9.17, 15) is 14.4 Å². The van der Waals surface area contributed by atoms with Gasteiger partial charge in [0.15, 0.2) is 0 Å². The molecule has 1 aliphatic heterocycles. The van der Waals surface area contributed by atoms with Crippen LogP contribution in [0.5, 0.6) is 0 Å². The number of nitrogens with zero attached hydrogens (tertiary/aromatic N) is 2. The highest BCUT2D eigenvalue weighted by molar-refractivity contribution is 5.85. The molecule has 0 bridgehead atoms. The minimum absolute atomic E-state index is 0.00599. The van der Waals surface area contributed by atoms with Crippen LogP contribution in [0, 0.1) is 5.92 Å². The fourth-order valence-corrected chi connectivity index (χ4v) is 2.24. The van der Waals surface area contributed by atoms with Crippen molar-refractivity contribution < 1.29 is 24.2 Å². The van der Waals surface area contributed by atoms with Crippen molar-refractivity contribution in [3.05, 3.63) is 0 Å². The summed E-state index contributed by atoms with van der Waals surface area (Å²) >= 11 is 0. The molecule has 1 aliphatic rings. The van der Waals surface area contributed by atoms with Crippen molar-refractivity contribution >= 4 is 17.8 Å². The fraction of sp³-hybridized carbons (Fsp3) is 0.800. The van der Waals surface area contributed by atoms with Crippen LogP contribution in [0.3, 0.4) is 0 Å².